The first kappa shape index (κ1) is 39.4. The molecule has 0 amide bonds. The van der Waals surface area contributed by atoms with Gasteiger partial charge in [0.1, 0.15) is 0 Å². The molecule has 0 radical (unpaired) electrons. The van der Waals surface area contributed by atoms with E-state index in [2.05, 4.69) is 257 Å². The summed E-state index contributed by atoms with van der Waals surface area (Å²) in [6.45, 7) is 9.38. The van der Waals surface area contributed by atoms with E-state index in [0.29, 0.717) is 0 Å². The van der Waals surface area contributed by atoms with Crippen LogP contribution >= 0.6 is 0 Å². The van der Waals surface area contributed by atoms with Crippen LogP contribution in [0.2, 0.25) is 0 Å². The molecule has 0 saturated carbocycles. The highest BCUT2D eigenvalue weighted by molar-refractivity contribution is 6.26. The van der Waals surface area contributed by atoms with E-state index in [1.807, 2.05) is 0 Å². The van der Waals surface area contributed by atoms with Gasteiger partial charge in [-0.25, -0.2) is 0 Å². The number of fused-ring (bicyclic) bond motifs is 11. The Labute approximate surface area is 392 Å². The molecule has 0 aromatic heterocycles. The maximum absolute atomic E-state index is 2.47. The fraction of sp³-hybridized carbons (Fsp3) is 0.0909. The van der Waals surface area contributed by atoms with Gasteiger partial charge in [-0.3, -0.25) is 0 Å². The molecule has 13 rings (SSSR count). The zero-order valence-electron chi connectivity index (χ0n) is 38.3. The number of hydrogen-bond acceptors (Lipinski definition) is 1. The lowest BCUT2D eigenvalue weighted by atomic mass is 9.77. The van der Waals surface area contributed by atoms with Crippen molar-refractivity contribution >= 4 is 61.0 Å². The van der Waals surface area contributed by atoms with E-state index in [0.717, 1.165) is 17.1 Å². The fourth-order valence-electron chi connectivity index (χ4n) is 11.6. The number of rotatable bonds is 6. The van der Waals surface area contributed by atoms with Crippen LogP contribution in [0.5, 0.6) is 0 Å². The minimum absolute atomic E-state index is 0.0160. The molecule has 0 saturated heterocycles. The van der Waals surface area contributed by atoms with Crippen molar-refractivity contribution in [2.45, 2.75) is 33.1 Å². The molecule has 0 aliphatic heterocycles. The Bertz CT molecular complexity index is 3860. The van der Waals surface area contributed by atoms with Crippen molar-refractivity contribution in [3.8, 4) is 44.5 Å². The third kappa shape index (κ3) is 6.22. The number of benzene rings is 10. The Morgan fingerprint density at radius 3 is 1.57 bits per heavy atom. The topological polar surface area (TPSA) is 3.24 Å². The Morgan fingerprint density at radius 1 is 0.373 bits per heavy atom. The Balaban J connectivity index is 0.854. The third-order valence-electron chi connectivity index (χ3n) is 15.0. The largest absolute Gasteiger partial charge is 0.310 e. The fourth-order valence-corrected chi connectivity index (χ4v) is 11.6. The summed E-state index contributed by atoms with van der Waals surface area (Å²) in [5, 5.41) is 10.5. The van der Waals surface area contributed by atoms with Crippen molar-refractivity contribution in [2.24, 2.45) is 5.41 Å². The van der Waals surface area contributed by atoms with Gasteiger partial charge in [-0.05, 0) is 170 Å². The molecule has 0 atom stereocenters. The first-order valence-corrected chi connectivity index (χ1v) is 23.7. The molecule has 3 aliphatic carbocycles. The summed E-state index contributed by atoms with van der Waals surface area (Å²) in [6.07, 6.45) is 9.20. The smallest absolute Gasteiger partial charge is 0.0465 e. The first-order chi connectivity index (χ1) is 32.7. The zero-order chi connectivity index (χ0) is 45.0. The van der Waals surface area contributed by atoms with Crippen LogP contribution in [0.3, 0.4) is 0 Å². The minimum Gasteiger partial charge on any atom is -0.310 e. The van der Waals surface area contributed by atoms with Crippen molar-refractivity contribution in [3.05, 3.63) is 246 Å². The Morgan fingerprint density at radius 2 is 0.881 bits per heavy atom. The molecule has 1 heteroatoms. The van der Waals surface area contributed by atoms with Gasteiger partial charge in [0.05, 0.1) is 0 Å². The molecule has 10 aromatic carbocycles. The second-order valence-electron chi connectivity index (χ2n) is 19.8. The van der Waals surface area contributed by atoms with Gasteiger partial charge in [-0.2, -0.15) is 0 Å². The van der Waals surface area contributed by atoms with E-state index in [-0.39, 0.29) is 10.8 Å². The quantitative estimate of drug-likeness (QED) is 0.151. The number of allylic oxidation sites excluding steroid dienone is 4. The van der Waals surface area contributed by atoms with Crippen LogP contribution in [0.25, 0.3) is 88.5 Å². The van der Waals surface area contributed by atoms with Crippen LogP contribution in [0, 0.1) is 5.41 Å². The van der Waals surface area contributed by atoms with E-state index in [1.165, 1.54) is 110 Å². The van der Waals surface area contributed by atoms with Crippen LogP contribution in [0.15, 0.2) is 224 Å². The summed E-state index contributed by atoms with van der Waals surface area (Å²) < 4.78 is 0. The summed E-state index contributed by atoms with van der Waals surface area (Å²) in [7, 11) is 0. The van der Waals surface area contributed by atoms with Gasteiger partial charge in [0.2, 0.25) is 0 Å². The molecule has 67 heavy (non-hydrogen) atoms. The molecule has 10 aromatic rings. The van der Waals surface area contributed by atoms with Gasteiger partial charge in [-0.1, -0.05) is 192 Å². The van der Waals surface area contributed by atoms with Crippen molar-refractivity contribution in [3.63, 3.8) is 0 Å². The molecule has 0 N–H and O–H groups in total. The molecule has 0 spiro atoms. The second kappa shape index (κ2) is 14.8. The van der Waals surface area contributed by atoms with Gasteiger partial charge in [0.15, 0.2) is 0 Å². The molecule has 1 nitrogen and oxygen atoms in total. The van der Waals surface area contributed by atoms with Gasteiger partial charge in [-0.15, -0.1) is 0 Å². The Hall–Kier alpha value is -8.00. The minimum atomic E-state index is -0.0962. The molecule has 0 bridgehead atoms. The normalized spacial score (nSPS) is 14.9. The lowest BCUT2D eigenvalue weighted by Crippen LogP contribution is -2.27. The third-order valence-corrected chi connectivity index (χ3v) is 15.0. The van der Waals surface area contributed by atoms with E-state index in [9.17, 15) is 0 Å². The van der Waals surface area contributed by atoms with Crippen LogP contribution in [0.4, 0.5) is 17.1 Å². The second-order valence-corrected chi connectivity index (χ2v) is 19.8. The SMILES string of the molecule is CC1(C)C=CC=C2C=c3cc4c5ccccc5c5cc(-c6ccc(-c7ccc(N(c8ccc(-c9ccccc9)cc8)c8ccc9c(c8)C(C)(C)c8ccccc8-9)cc7)cc6)ccc5c4cc3=C21. The molecule has 3 aliphatic rings. The van der Waals surface area contributed by atoms with E-state index >= 15 is 0 Å². The van der Waals surface area contributed by atoms with Crippen molar-refractivity contribution in [2.75, 3.05) is 4.90 Å². The summed E-state index contributed by atoms with van der Waals surface area (Å²) in [4.78, 5) is 2.40. The number of anilines is 3. The van der Waals surface area contributed by atoms with Crippen LogP contribution in [-0.4, -0.2) is 0 Å². The van der Waals surface area contributed by atoms with E-state index in [4.69, 9.17) is 0 Å². The molecular formula is C66H49N. The highest BCUT2D eigenvalue weighted by atomic mass is 15.1. The lowest BCUT2D eigenvalue weighted by Gasteiger charge is -2.28. The summed E-state index contributed by atoms with van der Waals surface area (Å²) >= 11 is 0. The molecular weight excluding hydrogens is 807 g/mol. The predicted octanol–water partition coefficient (Wildman–Crippen LogP) is 16.4. The standard InChI is InChI=1S/C66H49N/c1-65(2)36-12-15-48-37-49-39-60-54-17-9-8-16-53(54)59-38-47(28-34-55(59)61(60)41-58(49)64(48)65)46-22-20-43(21-23-46)45-26-31-51(32-27-45)67(50-29-24-44(25-30-50)42-13-6-5-7-14-42)52-33-35-57-56-18-10-11-19-62(56)66(3,4)63(57)40-52/h5-41H,1-4H3. The maximum atomic E-state index is 2.47. The molecule has 0 unspecified atom stereocenters. The van der Waals surface area contributed by atoms with Crippen LogP contribution < -0.4 is 15.3 Å². The van der Waals surface area contributed by atoms with Crippen LogP contribution in [0.1, 0.15) is 38.8 Å². The lowest BCUT2D eigenvalue weighted by molar-refractivity contribution is 0.644. The Kier molecular flexibility index (Phi) is 8.67. The van der Waals surface area contributed by atoms with Crippen molar-refractivity contribution in [1.82, 2.24) is 0 Å². The van der Waals surface area contributed by atoms with Crippen molar-refractivity contribution < 1.29 is 0 Å². The maximum Gasteiger partial charge on any atom is 0.0465 e. The highest BCUT2D eigenvalue weighted by Gasteiger charge is 2.36. The highest BCUT2D eigenvalue weighted by Crippen LogP contribution is 2.51. The average Bonchev–Trinajstić information content (AvgIpc) is 3.86. The number of nitrogens with zero attached hydrogens (tertiary/aromatic N) is 1. The van der Waals surface area contributed by atoms with E-state index in [1.54, 1.807) is 0 Å². The van der Waals surface area contributed by atoms with E-state index < -0.39 is 0 Å². The molecule has 0 heterocycles. The van der Waals surface area contributed by atoms with Gasteiger partial charge in [0.25, 0.3) is 0 Å². The summed E-state index contributed by atoms with van der Waals surface area (Å²) in [6, 6.07) is 74.6. The monoisotopic (exact) mass is 855 g/mol. The predicted molar refractivity (Wildman–Crippen MR) is 286 cm³/mol. The van der Waals surface area contributed by atoms with Crippen molar-refractivity contribution in [1.29, 1.82) is 0 Å². The first-order valence-electron chi connectivity index (χ1n) is 23.7. The molecule has 0 fully saturated rings. The number of hydrogen-bond donors (Lipinski definition) is 0. The zero-order valence-corrected chi connectivity index (χ0v) is 38.3. The summed E-state index contributed by atoms with van der Waals surface area (Å²) in [5.74, 6) is 0. The molecule has 318 valence electrons. The van der Waals surface area contributed by atoms with Crippen LogP contribution in [-0.2, 0) is 5.41 Å². The average molecular weight is 856 g/mol. The van der Waals surface area contributed by atoms with Gasteiger partial charge < -0.3 is 4.90 Å². The van der Waals surface area contributed by atoms with Gasteiger partial charge in [0, 0.05) is 27.9 Å². The van der Waals surface area contributed by atoms with Gasteiger partial charge >= 0.3 is 0 Å². The summed E-state index contributed by atoms with van der Waals surface area (Å²) in [5.41, 5.74) is 18.7.